The second-order valence-electron chi connectivity index (χ2n) is 9.94. The van der Waals surface area contributed by atoms with Gasteiger partial charge in [-0.25, -0.2) is 4.98 Å². The van der Waals surface area contributed by atoms with Crippen molar-refractivity contribution >= 4 is 34.3 Å². The lowest BCUT2D eigenvalue weighted by molar-refractivity contribution is 0.229. The van der Waals surface area contributed by atoms with Gasteiger partial charge in [-0.2, -0.15) is 4.98 Å². The normalized spacial score (nSPS) is 14.4. The van der Waals surface area contributed by atoms with E-state index in [4.69, 9.17) is 21.6 Å². The van der Waals surface area contributed by atoms with E-state index in [0.29, 0.717) is 23.1 Å². The standard InChI is InChI=1S/C28H33ClN8O/c1-34(2)9-10-36-11-13-37(14-12-36)28-32-25-7-6-21(23-5-4-8-35(3)27(23)38)16-24(25)26(33-28)31-18-20-15-22(29)19-30-17-20/h4-8,15-17,19H,9-14,18H2,1-3H3,(H,31,32,33). The molecule has 0 atom stereocenters. The van der Waals surface area contributed by atoms with E-state index in [9.17, 15) is 4.79 Å². The SMILES string of the molecule is CN(C)CCN1CCN(c2nc(NCc3cncc(Cl)c3)c3cc(-c4cccn(C)c4=O)ccc3n2)CC1. The van der Waals surface area contributed by atoms with Gasteiger partial charge in [-0.1, -0.05) is 17.7 Å². The summed E-state index contributed by atoms with van der Waals surface area (Å²) in [5, 5.41) is 4.93. The largest absolute Gasteiger partial charge is 0.365 e. The van der Waals surface area contributed by atoms with Crippen LogP contribution in [0, 0.1) is 0 Å². The van der Waals surface area contributed by atoms with Crippen molar-refractivity contribution in [3.8, 4) is 11.1 Å². The lowest BCUT2D eigenvalue weighted by Gasteiger charge is -2.35. The third-order valence-corrected chi connectivity index (χ3v) is 7.06. The summed E-state index contributed by atoms with van der Waals surface area (Å²) >= 11 is 6.16. The first-order valence-electron chi connectivity index (χ1n) is 12.8. The van der Waals surface area contributed by atoms with E-state index in [1.807, 2.05) is 36.4 Å². The van der Waals surface area contributed by atoms with Gasteiger partial charge in [0.15, 0.2) is 0 Å². The molecule has 0 radical (unpaired) electrons. The number of halogens is 1. The molecule has 1 saturated heterocycles. The first-order valence-corrected chi connectivity index (χ1v) is 13.2. The minimum absolute atomic E-state index is 0.0453. The van der Waals surface area contributed by atoms with Gasteiger partial charge in [0.25, 0.3) is 5.56 Å². The van der Waals surface area contributed by atoms with Gasteiger partial charge < -0.3 is 19.7 Å². The molecule has 0 spiro atoms. The number of aryl methyl sites for hydroxylation is 1. The molecule has 5 rings (SSSR count). The molecule has 1 fully saturated rings. The molecule has 0 aliphatic carbocycles. The Morgan fingerprint density at radius 2 is 1.87 bits per heavy atom. The summed E-state index contributed by atoms with van der Waals surface area (Å²) in [6.45, 7) is 6.30. The maximum Gasteiger partial charge on any atom is 0.258 e. The number of rotatable bonds is 8. The fraction of sp³-hybridized carbons (Fsp3) is 0.357. The number of hydrogen-bond acceptors (Lipinski definition) is 8. The molecule has 4 aromatic rings. The number of anilines is 2. The van der Waals surface area contributed by atoms with E-state index in [2.05, 4.69) is 39.1 Å². The van der Waals surface area contributed by atoms with Crippen LogP contribution in [-0.2, 0) is 13.6 Å². The van der Waals surface area contributed by atoms with Crippen LogP contribution in [0.2, 0.25) is 5.02 Å². The molecule has 38 heavy (non-hydrogen) atoms. The Kier molecular flexibility index (Phi) is 7.87. The zero-order chi connectivity index (χ0) is 26.6. The van der Waals surface area contributed by atoms with Crippen molar-refractivity contribution in [3.63, 3.8) is 0 Å². The Morgan fingerprint density at radius 3 is 2.63 bits per heavy atom. The van der Waals surface area contributed by atoms with E-state index in [0.717, 1.165) is 67.1 Å². The number of piperazine rings is 1. The van der Waals surface area contributed by atoms with E-state index < -0.39 is 0 Å². The Morgan fingerprint density at radius 1 is 1.05 bits per heavy atom. The first-order chi connectivity index (χ1) is 18.4. The summed E-state index contributed by atoms with van der Waals surface area (Å²) in [4.78, 5) is 33.8. The van der Waals surface area contributed by atoms with Crippen LogP contribution in [0.3, 0.4) is 0 Å². The predicted octanol–water partition coefficient (Wildman–Crippen LogP) is 3.34. The second-order valence-corrected chi connectivity index (χ2v) is 10.4. The highest BCUT2D eigenvalue weighted by atomic mass is 35.5. The number of hydrogen-bond donors (Lipinski definition) is 1. The second kappa shape index (κ2) is 11.5. The van der Waals surface area contributed by atoms with Crippen molar-refractivity contribution in [2.45, 2.75) is 6.54 Å². The van der Waals surface area contributed by atoms with E-state index in [1.165, 1.54) is 0 Å². The molecule has 9 nitrogen and oxygen atoms in total. The van der Waals surface area contributed by atoms with Gasteiger partial charge >= 0.3 is 0 Å². The Hall–Kier alpha value is -3.53. The molecule has 10 heteroatoms. The summed E-state index contributed by atoms with van der Waals surface area (Å²) < 4.78 is 1.59. The van der Waals surface area contributed by atoms with Crippen LogP contribution in [0.25, 0.3) is 22.0 Å². The third-order valence-electron chi connectivity index (χ3n) is 6.86. The van der Waals surface area contributed by atoms with Crippen molar-refractivity contribution in [1.29, 1.82) is 0 Å². The van der Waals surface area contributed by atoms with Crippen LogP contribution in [0.1, 0.15) is 5.56 Å². The maximum atomic E-state index is 12.8. The van der Waals surface area contributed by atoms with E-state index in [-0.39, 0.29) is 5.56 Å². The quantitative estimate of drug-likeness (QED) is 0.370. The van der Waals surface area contributed by atoms with Crippen LogP contribution in [0.15, 0.2) is 59.8 Å². The first kappa shape index (κ1) is 26.1. The number of nitrogens with zero attached hydrogens (tertiary/aromatic N) is 7. The molecule has 1 aliphatic rings. The Labute approximate surface area is 227 Å². The highest BCUT2D eigenvalue weighted by Gasteiger charge is 2.21. The summed E-state index contributed by atoms with van der Waals surface area (Å²) in [6, 6.07) is 11.5. The van der Waals surface area contributed by atoms with Crippen LogP contribution < -0.4 is 15.8 Å². The number of aromatic nitrogens is 4. The van der Waals surface area contributed by atoms with E-state index in [1.54, 1.807) is 30.2 Å². The number of pyridine rings is 2. The van der Waals surface area contributed by atoms with Crippen LogP contribution in [0.4, 0.5) is 11.8 Å². The molecule has 4 heterocycles. The van der Waals surface area contributed by atoms with Gasteiger partial charge in [-0.15, -0.1) is 0 Å². The van der Waals surface area contributed by atoms with Gasteiger partial charge in [0.1, 0.15) is 5.82 Å². The van der Waals surface area contributed by atoms with Crippen molar-refractivity contribution in [1.82, 2.24) is 29.3 Å². The molecule has 1 aromatic carbocycles. The molecule has 1 N–H and O–H groups in total. The summed E-state index contributed by atoms with van der Waals surface area (Å²) in [7, 11) is 5.97. The van der Waals surface area contributed by atoms with Crippen LogP contribution in [-0.4, -0.2) is 82.7 Å². The number of benzene rings is 1. The molecule has 3 aromatic heterocycles. The molecule has 0 bridgehead atoms. The van der Waals surface area contributed by atoms with Crippen molar-refractivity contribution < 1.29 is 0 Å². The maximum absolute atomic E-state index is 12.8. The fourth-order valence-electron chi connectivity index (χ4n) is 4.63. The summed E-state index contributed by atoms with van der Waals surface area (Å²) in [5.41, 5.74) is 3.20. The number of likely N-dealkylation sites (N-methyl/N-ethyl adjacent to an activating group) is 1. The zero-order valence-electron chi connectivity index (χ0n) is 22.1. The molecule has 0 amide bonds. The van der Waals surface area contributed by atoms with Crippen molar-refractivity contribution in [2.24, 2.45) is 7.05 Å². The minimum atomic E-state index is -0.0453. The van der Waals surface area contributed by atoms with Crippen LogP contribution >= 0.6 is 11.6 Å². The lowest BCUT2D eigenvalue weighted by atomic mass is 10.0. The molecule has 0 unspecified atom stereocenters. The van der Waals surface area contributed by atoms with E-state index >= 15 is 0 Å². The summed E-state index contributed by atoms with van der Waals surface area (Å²) in [5.74, 6) is 1.43. The number of fused-ring (bicyclic) bond motifs is 1. The van der Waals surface area contributed by atoms with Crippen molar-refractivity contribution in [2.75, 3.05) is 63.6 Å². The Bertz CT molecular complexity index is 1480. The third kappa shape index (κ3) is 5.96. The van der Waals surface area contributed by atoms with Gasteiger partial charge in [0, 0.05) is 82.4 Å². The zero-order valence-corrected chi connectivity index (χ0v) is 22.8. The average molecular weight is 533 g/mol. The molecule has 0 saturated carbocycles. The predicted molar refractivity (Wildman–Crippen MR) is 154 cm³/mol. The monoisotopic (exact) mass is 532 g/mol. The molecular formula is C28H33ClN8O. The smallest absolute Gasteiger partial charge is 0.258 e. The van der Waals surface area contributed by atoms with Crippen molar-refractivity contribution in [3.05, 3.63) is 75.9 Å². The van der Waals surface area contributed by atoms with Gasteiger partial charge in [0.2, 0.25) is 5.95 Å². The van der Waals surface area contributed by atoms with Gasteiger partial charge in [-0.05, 0) is 55.6 Å². The van der Waals surface area contributed by atoms with Crippen LogP contribution in [0.5, 0.6) is 0 Å². The topological polar surface area (TPSA) is 82.4 Å². The average Bonchev–Trinajstić information content (AvgIpc) is 2.92. The Balaban J connectivity index is 1.47. The number of nitrogens with one attached hydrogen (secondary N) is 1. The summed E-state index contributed by atoms with van der Waals surface area (Å²) in [6.07, 6.45) is 5.16. The lowest BCUT2D eigenvalue weighted by Crippen LogP contribution is -2.48. The molecule has 1 aliphatic heterocycles. The molecular weight excluding hydrogens is 500 g/mol. The van der Waals surface area contributed by atoms with Gasteiger partial charge in [-0.3, -0.25) is 14.7 Å². The fourth-order valence-corrected chi connectivity index (χ4v) is 4.82. The highest BCUT2D eigenvalue weighted by Crippen LogP contribution is 2.29. The van der Waals surface area contributed by atoms with Gasteiger partial charge in [0.05, 0.1) is 10.5 Å². The highest BCUT2D eigenvalue weighted by molar-refractivity contribution is 6.30. The minimum Gasteiger partial charge on any atom is -0.365 e. The molecule has 198 valence electrons.